The molecular formula is C23H27NO5. The van der Waals surface area contributed by atoms with E-state index in [4.69, 9.17) is 19.2 Å². The summed E-state index contributed by atoms with van der Waals surface area (Å²) in [6.45, 7) is 8.41. The highest BCUT2D eigenvalue weighted by atomic mass is 16.7. The summed E-state index contributed by atoms with van der Waals surface area (Å²) >= 11 is 0. The van der Waals surface area contributed by atoms with E-state index in [1.54, 1.807) is 6.92 Å². The molecule has 1 aromatic rings. The fraction of sp³-hybridized carbons (Fsp3) is 0.522. The first kappa shape index (κ1) is 19.7. The van der Waals surface area contributed by atoms with Crippen molar-refractivity contribution in [1.29, 1.82) is 0 Å². The van der Waals surface area contributed by atoms with E-state index in [0.717, 1.165) is 17.0 Å². The van der Waals surface area contributed by atoms with E-state index in [1.165, 1.54) is 0 Å². The molecular weight excluding hydrogens is 370 g/mol. The molecule has 0 fully saturated rings. The van der Waals surface area contributed by atoms with Gasteiger partial charge in [-0.15, -0.1) is 0 Å². The molecule has 0 radical (unpaired) electrons. The number of allylic oxidation sites excluding steroid dienone is 2. The number of benzene rings is 1. The maximum absolute atomic E-state index is 13.2. The van der Waals surface area contributed by atoms with Crippen LogP contribution in [0.2, 0.25) is 0 Å². The van der Waals surface area contributed by atoms with Crippen molar-refractivity contribution in [3.8, 4) is 11.5 Å². The average Bonchev–Trinajstić information content (AvgIpc) is 3.13. The first-order valence-corrected chi connectivity index (χ1v) is 10.2. The summed E-state index contributed by atoms with van der Waals surface area (Å²) in [6, 6.07) is 5.64. The molecule has 2 atom stereocenters. The molecule has 0 saturated heterocycles. The smallest absolute Gasteiger partial charge is 0.315 e. The maximum Gasteiger partial charge on any atom is 0.315 e. The van der Waals surface area contributed by atoms with Gasteiger partial charge in [0.25, 0.3) is 0 Å². The van der Waals surface area contributed by atoms with Crippen molar-refractivity contribution in [2.24, 2.45) is 16.3 Å². The van der Waals surface area contributed by atoms with Crippen molar-refractivity contribution in [3.05, 3.63) is 35.0 Å². The second kappa shape index (κ2) is 7.32. The van der Waals surface area contributed by atoms with Crippen LogP contribution in [-0.4, -0.2) is 30.9 Å². The minimum atomic E-state index is -0.607. The topological polar surface area (TPSA) is 74.2 Å². The molecule has 6 nitrogen and oxygen atoms in total. The zero-order valence-electron chi connectivity index (χ0n) is 17.4. The van der Waals surface area contributed by atoms with E-state index < -0.39 is 11.8 Å². The molecule has 0 saturated carbocycles. The zero-order chi connectivity index (χ0) is 20.8. The molecule has 154 valence electrons. The number of esters is 1. The Morgan fingerprint density at radius 2 is 1.97 bits per heavy atom. The van der Waals surface area contributed by atoms with Crippen molar-refractivity contribution in [1.82, 2.24) is 0 Å². The lowest BCUT2D eigenvalue weighted by Gasteiger charge is -2.39. The van der Waals surface area contributed by atoms with Crippen molar-refractivity contribution in [3.63, 3.8) is 0 Å². The summed E-state index contributed by atoms with van der Waals surface area (Å²) in [5, 5.41) is 0. The summed E-state index contributed by atoms with van der Waals surface area (Å²) in [5.41, 5.74) is 2.95. The Kier molecular flexibility index (Phi) is 4.97. The predicted molar refractivity (Wildman–Crippen MR) is 108 cm³/mol. The predicted octanol–water partition coefficient (Wildman–Crippen LogP) is 4.19. The van der Waals surface area contributed by atoms with Gasteiger partial charge in [-0.3, -0.25) is 14.6 Å². The number of carbonyl (C=O) groups excluding carboxylic acids is 2. The Morgan fingerprint density at radius 1 is 1.21 bits per heavy atom. The summed E-state index contributed by atoms with van der Waals surface area (Å²) in [7, 11) is 0. The van der Waals surface area contributed by atoms with Crippen LogP contribution in [0.25, 0.3) is 0 Å². The number of ether oxygens (including phenoxy) is 3. The average molecular weight is 397 g/mol. The second-order valence-electron chi connectivity index (χ2n) is 8.58. The van der Waals surface area contributed by atoms with Crippen molar-refractivity contribution >= 4 is 17.5 Å². The second-order valence-corrected chi connectivity index (χ2v) is 8.58. The highest BCUT2D eigenvalue weighted by Gasteiger charge is 2.46. The minimum Gasteiger partial charge on any atom is -0.465 e. The van der Waals surface area contributed by atoms with Gasteiger partial charge in [0.2, 0.25) is 6.79 Å². The highest BCUT2D eigenvalue weighted by Crippen LogP contribution is 2.49. The lowest BCUT2D eigenvalue weighted by Crippen LogP contribution is -2.40. The quantitative estimate of drug-likeness (QED) is 0.713. The fourth-order valence-corrected chi connectivity index (χ4v) is 4.63. The van der Waals surface area contributed by atoms with Crippen LogP contribution in [0, 0.1) is 11.3 Å². The lowest BCUT2D eigenvalue weighted by molar-refractivity contribution is -0.146. The molecule has 2 heterocycles. The van der Waals surface area contributed by atoms with Gasteiger partial charge in [0.15, 0.2) is 17.3 Å². The molecule has 1 unspecified atom stereocenters. The number of aliphatic imine (C=N–C) groups is 1. The van der Waals surface area contributed by atoms with E-state index in [9.17, 15) is 9.59 Å². The number of rotatable bonds is 4. The van der Waals surface area contributed by atoms with Crippen LogP contribution in [0.5, 0.6) is 11.5 Å². The largest absolute Gasteiger partial charge is 0.465 e. The van der Waals surface area contributed by atoms with Gasteiger partial charge in [-0.2, -0.15) is 0 Å². The lowest BCUT2D eigenvalue weighted by atomic mass is 9.66. The first-order chi connectivity index (χ1) is 13.8. The molecule has 2 aliphatic heterocycles. The molecule has 0 spiro atoms. The van der Waals surface area contributed by atoms with Gasteiger partial charge in [0.05, 0.1) is 6.61 Å². The van der Waals surface area contributed by atoms with E-state index in [1.807, 2.05) is 25.1 Å². The molecule has 4 rings (SSSR count). The standard InChI is InChI=1S/C23H27NO5/c1-5-14-21(22(26)27-6-2)19(13-7-8-17-18(9-13)29-12-28-17)20-15(24-14)10-23(3,4)11-16(20)25/h7-9,19,21H,5-6,10-12H2,1-4H3/t19-,21?/m1/s1. The summed E-state index contributed by atoms with van der Waals surface area (Å²) in [6.07, 6.45) is 1.78. The molecule has 3 aliphatic rings. The number of fused-ring (bicyclic) bond motifs is 1. The SMILES string of the molecule is CCOC(=O)C1C(CC)=NC2=C(C(=O)CC(C)(C)C2)[C@H]1c1ccc2c(c1)OCO2. The molecule has 0 amide bonds. The van der Waals surface area contributed by atoms with Gasteiger partial charge < -0.3 is 14.2 Å². The van der Waals surface area contributed by atoms with Crippen LogP contribution < -0.4 is 9.47 Å². The van der Waals surface area contributed by atoms with E-state index >= 15 is 0 Å². The van der Waals surface area contributed by atoms with E-state index in [2.05, 4.69) is 13.8 Å². The fourth-order valence-electron chi connectivity index (χ4n) is 4.63. The third-order valence-electron chi connectivity index (χ3n) is 5.84. The van der Waals surface area contributed by atoms with E-state index in [0.29, 0.717) is 36.3 Å². The Bertz CT molecular complexity index is 927. The Morgan fingerprint density at radius 3 is 2.69 bits per heavy atom. The Balaban J connectivity index is 1.88. The first-order valence-electron chi connectivity index (χ1n) is 10.2. The number of hydrogen-bond donors (Lipinski definition) is 0. The molecule has 1 aromatic carbocycles. The third kappa shape index (κ3) is 3.45. The minimum absolute atomic E-state index is 0.0621. The molecule has 29 heavy (non-hydrogen) atoms. The van der Waals surface area contributed by atoms with Crippen LogP contribution >= 0.6 is 0 Å². The van der Waals surface area contributed by atoms with Crippen LogP contribution in [0.15, 0.2) is 34.5 Å². The maximum atomic E-state index is 13.2. The summed E-state index contributed by atoms with van der Waals surface area (Å²) in [5.74, 6) is 0.00856. The van der Waals surface area contributed by atoms with Gasteiger partial charge in [0, 0.05) is 29.3 Å². The van der Waals surface area contributed by atoms with Crippen molar-refractivity contribution < 1.29 is 23.8 Å². The number of hydrogen-bond acceptors (Lipinski definition) is 6. The highest BCUT2D eigenvalue weighted by molar-refractivity contribution is 6.09. The number of ketones is 1. The zero-order valence-corrected chi connectivity index (χ0v) is 17.4. The van der Waals surface area contributed by atoms with Gasteiger partial charge in [-0.1, -0.05) is 26.8 Å². The van der Waals surface area contributed by atoms with Crippen molar-refractivity contribution in [2.45, 2.75) is 52.9 Å². The third-order valence-corrected chi connectivity index (χ3v) is 5.84. The molecule has 1 aliphatic carbocycles. The summed E-state index contributed by atoms with van der Waals surface area (Å²) in [4.78, 5) is 31.1. The Hall–Kier alpha value is -2.63. The van der Waals surface area contributed by atoms with E-state index in [-0.39, 0.29) is 30.6 Å². The Labute approximate surface area is 170 Å². The monoisotopic (exact) mass is 397 g/mol. The van der Waals surface area contributed by atoms with Crippen LogP contribution in [0.1, 0.15) is 58.4 Å². The van der Waals surface area contributed by atoms with Gasteiger partial charge in [0.1, 0.15) is 5.92 Å². The molecule has 6 heteroatoms. The van der Waals surface area contributed by atoms with Gasteiger partial charge in [-0.05, 0) is 42.9 Å². The number of carbonyl (C=O) groups is 2. The number of nitrogens with zero attached hydrogens (tertiary/aromatic N) is 1. The van der Waals surface area contributed by atoms with Gasteiger partial charge >= 0.3 is 5.97 Å². The molecule has 0 bridgehead atoms. The van der Waals surface area contributed by atoms with Crippen molar-refractivity contribution in [2.75, 3.05) is 13.4 Å². The van der Waals surface area contributed by atoms with Crippen LogP contribution in [0.3, 0.4) is 0 Å². The normalized spacial score (nSPS) is 24.8. The summed E-state index contributed by atoms with van der Waals surface area (Å²) < 4.78 is 16.4. The van der Waals surface area contributed by atoms with Crippen LogP contribution in [0.4, 0.5) is 0 Å². The molecule has 0 N–H and O–H groups in total. The molecule has 0 aromatic heterocycles. The van der Waals surface area contributed by atoms with Crippen LogP contribution in [-0.2, 0) is 14.3 Å². The van der Waals surface area contributed by atoms with Gasteiger partial charge in [-0.25, -0.2) is 0 Å². The number of Topliss-reactive ketones (excluding diaryl/α,β-unsaturated/α-hetero) is 1.